The minimum Gasteiger partial charge on any atom is -0.444 e. The Bertz CT molecular complexity index is 973. The molecule has 0 spiro atoms. The molecule has 0 aromatic heterocycles. The summed E-state index contributed by atoms with van der Waals surface area (Å²) in [4.78, 5) is 53.9. The molecule has 1 rings (SSSR count). The number of carbonyl (C=O) groups excluding carboxylic acids is 4. The van der Waals surface area contributed by atoms with Crippen molar-refractivity contribution >= 4 is 29.9 Å². The number of amides is 4. The number of hydrogen-bond donors (Lipinski definition) is 3. The number of unbranched alkanes of at least 4 members (excludes halogenated alkanes) is 6. The first kappa shape index (κ1) is 34.7. The topological polar surface area (TPSA) is 131 Å². The van der Waals surface area contributed by atoms with Crippen molar-refractivity contribution in [1.29, 1.82) is 0 Å². The predicted molar refractivity (Wildman–Crippen MR) is 159 cm³/mol. The summed E-state index contributed by atoms with van der Waals surface area (Å²) in [5.74, 6) is -1.65. The molecule has 2 atom stereocenters. The van der Waals surface area contributed by atoms with E-state index in [4.69, 9.17) is 10.5 Å². The Morgan fingerprint density at radius 3 is 2.27 bits per heavy atom. The quantitative estimate of drug-likeness (QED) is 0.212. The lowest BCUT2D eigenvalue weighted by atomic mass is 9.99. The summed E-state index contributed by atoms with van der Waals surface area (Å²) in [5.41, 5.74) is 6.08. The van der Waals surface area contributed by atoms with Crippen LogP contribution in [0.15, 0.2) is 30.8 Å². The molecule has 0 aliphatic heterocycles. The largest absolute Gasteiger partial charge is 0.444 e. The van der Waals surface area contributed by atoms with Crippen LogP contribution in [0.1, 0.15) is 110 Å². The van der Waals surface area contributed by atoms with E-state index >= 15 is 0 Å². The van der Waals surface area contributed by atoms with Gasteiger partial charge in [0.25, 0.3) is 0 Å². The van der Waals surface area contributed by atoms with Crippen molar-refractivity contribution in [1.82, 2.24) is 15.5 Å². The molecule has 0 aliphatic rings. The van der Waals surface area contributed by atoms with E-state index in [0.717, 1.165) is 50.5 Å². The average Bonchev–Trinajstić information content (AvgIpc) is 2.88. The van der Waals surface area contributed by atoms with Gasteiger partial charge in [-0.1, -0.05) is 83.2 Å². The fourth-order valence-corrected chi connectivity index (χ4v) is 4.32. The highest BCUT2D eigenvalue weighted by molar-refractivity contribution is 5.94. The Kier molecular flexibility index (Phi) is 15.7. The Morgan fingerprint density at radius 1 is 1.02 bits per heavy atom. The van der Waals surface area contributed by atoms with E-state index in [1.807, 2.05) is 18.2 Å². The number of carbonyl (C=O) groups is 4. The molecule has 40 heavy (non-hydrogen) atoms. The van der Waals surface area contributed by atoms with Crippen molar-refractivity contribution in [2.24, 2.45) is 5.73 Å². The highest BCUT2D eigenvalue weighted by Crippen LogP contribution is 2.25. The molecule has 9 nitrogen and oxygen atoms in total. The van der Waals surface area contributed by atoms with Gasteiger partial charge in [0, 0.05) is 13.1 Å². The normalized spacial score (nSPS) is 12.6. The van der Waals surface area contributed by atoms with Crippen LogP contribution < -0.4 is 16.4 Å². The first-order valence-corrected chi connectivity index (χ1v) is 14.5. The molecule has 0 radical (unpaired) electrons. The second-order valence-electron chi connectivity index (χ2n) is 11.1. The molecule has 4 amide bonds. The number of nitrogens with one attached hydrogen (secondary N) is 2. The third-order valence-corrected chi connectivity index (χ3v) is 6.28. The number of alkyl carbamates (subject to hydrolysis) is 1. The van der Waals surface area contributed by atoms with Crippen LogP contribution in [0, 0.1) is 0 Å². The van der Waals surface area contributed by atoms with E-state index in [1.54, 1.807) is 32.9 Å². The molecule has 1 aromatic rings. The summed E-state index contributed by atoms with van der Waals surface area (Å²) >= 11 is 0. The number of ether oxygens (including phenoxy) is 1. The summed E-state index contributed by atoms with van der Waals surface area (Å²) in [7, 11) is 0. The van der Waals surface area contributed by atoms with Gasteiger partial charge in [0.2, 0.25) is 17.7 Å². The fourth-order valence-electron chi connectivity index (χ4n) is 4.32. The van der Waals surface area contributed by atoms with Gasteiger partial charge < -0.3 is 26.0 Å². The lowest BCUT2D eigenvalue weighted by Gasteiger charge is -2.34. The van der Waals surface area contributed by atoms with E-state index in [0.29, 0.717) is 18.5 Å². The van der Waals surface area contributed by atoms with Gasteiger partial charge in [-0.25, -0.2) is 4.79 Å². The first-order chi connectivity index (χ1) is 18.9. The molecule has 0 bridgehead atoms. The smallest absolute Gasteiger partial charge is 0.408 e. The molecule has 0 fully saturated rings. The highest BCUT2D eigenvalue weighted by Gasteiger charge is 2.36. The van der Waals surface area contributed by atoms with Crippen molar-refractivity contribution in [3.8, 4) is 0 Å². The predicted octanol–water partition coefficient (Wildman–Crippen LogP) is 5.24. The summed E-state index contributed by atoms with van der Waals surface area (Å²) in [5, 5.41) is 5.51. The molecule has 0 heterocycles. The fraction of sp³-hybridized carbons (Fsp3) is 0.613. The zero-order chi connectivity index (χ0) is 30.1. The molecule has 4 N–H and O–H groups in total. The van der Waals surface area contributed by atoms with Gasteiger partial charge in [0.05, 0.1) is 6.42 Å². The second kappa shape index (κ2) is 18.1. The molecule has 0 saturated carbocycles. The van der Waals surface area contributed by atoms with E-state index < -0.39 is 42.0 Å². The maximum Gasteiger partial charge on any atom is 0.408 e. The number of rotatable bonds is 18. The SMILES string of the molecule is C=Cc1cccc(C(C(=O)NCCCCC)N(CCCCCCC)C(=O)C(CC(N)=O)NC(=O)OC(C)(C)C)c1. The van der Waals surface area contributed by atoms with E-state index in [-0.39, 0.29) is 12.5 Å². The highest BCUT2D eigenvalue weighted by atomic mass is 16.6. The van der Waals surface area contributed by atoms with Crippen LogP contribution in [-0.2, 0) is 19.1 Å². The molecule has 0 aliphatic carbocycles. The van der Waals surface area contributed by atoms with Crippen molar-refractivity contribution in [2.75, 3.05) is 13.1 Å². The van der Waals surface area contributed by atoms with Gasteiger partial charge in [-0.05, 0) is 50.8 Å². The molecule has 224 valence electrons. The maximum atomic E-state index is 14.1. The van der Waals surface area contributed by atoms with Crippen LogP contribution in [0.4, 0.5) is 4.79 Å². The number of hydrogen-bond acceptors (Lipinski definition) is 5. The molecule has 0 saturated heterocycles. The number of primary amides is 1. The molecule has 1 aromatic carbocycles. The Hall–Kier alpha value is -3.36. The lowest BCUT2D eigenvalue weighted by molar-refractivity contribution is -0.143. The Balaban J connectivity index is 3.49. The molecular formula is C31H50N4O5. The summed E-state index contributed by atoms with van der Waals surface area (Å²) in [6.45, 7) is 13.9. The zero-order valence-corrected chi connectivity index (χ0v) is 25.1. The van der Waals surface area contributed by atoms with Crippen LogP contribution in [0.3, 0.4) is 0 Å². The van der Waals surface area contributed by atoms with E-state index in [1.165, 1.54) is 4.90 Å². The number of benzene rings is 1. The van der Waals surface area contributed by atoms with Crippen LogP contribution in [-0.4, -0.2) is 53.4 Å². The average molecular weight is 559 g/mol. The standard InChI is InChI=1S/C31H50N4O5/c1-7-10-12-13-15-20-35(29(38)25(22-26(32)36)34-30(39)40-31(4,5)6)27(28(37)33-19-14-11-8-2)24-18-16-17-23(9-3)21-24/h9,16-18,21,25,27H,3,7-8,10-15,19-20,22H2,1-2,4-6H3,(H2,32,36)(H,33,37)(H,34,39). The van der Waals surface area contributed by atoms with E-state index in [2.05, 4.69) is 31.1 Å². The first-order valence-electron chi connectivity index (χ1n) is 14.5. The van der Waals surface area contributed by atoms with Gasteiger partial charge in [0.15, 0.2) is 0 Å². The summed E-state index contributed by atoms with van der Waals surface area (Å²) in [6, 6.07) is 5.03. The molecule has 2 unspecified atom stereocenters. The summed E-state index contributed by atoms with van der Waals surface area (Å²) < 4.78 is 5.34. The van der Waals surface area contributed by atoms with Crippen LogP contribution >= 0.6 is 0 Å². The van der Waals surface area contributed by atoms with Crippen LogP contribution in [0.2, 0.25) is 0 Å². The number of nitrogens with zero attached hydrogens (tertiary/aromatic N) is 1. The van der Waals surface area contributed by atoms with Crippen molar-refractivity contribution < 1.29 is 23.9 Å². The minimum absolute atomic E-state index is 0.263. The summed E-state index contributed by atoms with van der Waals surface area (Å²) in [6.07, 6.45) is 7.86. The van der Waals surface area contributed by atoms with Gasteiger partial charge >= 0.3 is 6.09 Å². The van der Waals surface area contributed by atoms with Gasteiger partial charge in [-0.3, -0.25) is 14.4 Å². The van der Waals surface area contributed by atoms with Gasteiger partial charge in [-0.2, -0.15) is 0 Å². The van der Waals surface area contributed by atoms with Crippen molar-refractivity contribution in [2.45, 2.75) is 110 Å². The van der Waals surface area contributed by atoms with Gasteiger partial charge in [-0.15, -0.1) is 0 Å². The van der Waals surface area contributed by atoms with Crippen LogP contribution in [0.25, 0.3) is 6.08 Å². The van der Waals surface area contributed by atoms with E-state index in [9.17, 15) is 19.2 Å². The zero-order valence-electron chi connectivity index (χ0n) is 25.1. The third-order valence-electron chi connectivity index (χ3n) is 6.28. The van der Waals surface area contributed by atoms with Crippen molar-refractivity contribution in [3.05, 3.63) is 42.0 Å². The minimum atomic E-state index is -1.29. The Morgan fingerprint density at radius 2 is 1.68 bits per heavy atom. The number of nitrogens with two attached hydrogens (primary N) is 1. The monoisotopic (exact) mass is 558 g/mol. The lowest BCUT2D eigenvalue weighted by Crippen LogP contribution is -2.54. The maximum absolute atomic E-state index is 14.1. The van der Waals surface area contributed by atoms with Gasteiger partial charge in [0.1, 0.15) is 17.7 Å². The van der Waals surface area contributed by atoms with Crippen LogP contribution in [0.5, 0.6) is 0 Å². The third kappa shape index (κ3) is 13.1. The Labute approximate surface area is 240 Å². The second-order valence-corrected chi connectivity index (χ2v) is 11.1. The van der Waals surface area contributed by atoms with Crippen molar-refractivity contribution in [3.63, 3.8) is 0 Å². The molecular weight excluding hydrogens is 508 g/mol. The molecule has 9 heteroatoms.